The summed E-state index contributed by atoms with van der Waals surface area (Å²) in [7, 11) is 2.00. The Balaban J connectivity index is 1.41. The maximum atomic E-state index is 13.6. The molecule has 0 bridgehead atoms. The highest BCUT2D eigenvalue weighted by Crippen LogP contribution is 2.55. The second kappa shape index (κ2) is 8.89. The Kier molecular flexibility index (Phi) is 5.67. The van der Waals surface area contributed by atoms with Gasteiger partial charge in [-0.05, 0) is 47.9 Å². The van der Waals surface area contributed by atoms with Gasteiger partial charge in [0.2, 0.25) is 0 Å². The first kappa shape index (κ1) is 23.0. The van der Waals surface area contributed by atoms with E-state index in [0.717, 1.165) is 27.3 Å². The Morgan fingerprint density at radius 1 is 1.28 bits per heavy atom. The molecule has 4 heterocycles. The second-order valence-corrected chi connectivity index (χ2v) is 10.4. The number of hydrogen-bond donors (Lipinski definition) is 4. The van der Waals surface area contributed by atoms with Crippen molar-refractivity contribution < 1.29 is 4.79 Å². The lowest BCUT2D eigenvalue weighted by atomic mass is 9.99. The molecule has 2 aromatic rings. The summed E-state index contributed by atoms with van der Waals surface area (Å²) in [5.74, 6) is 2.37. The monoisotopic (exact) mass is 514 g/mol. The number of nitrogens with one attached hydrogen (secondary N) is 4. The van der Waals surface area contributed by atoms with Crippen LogP contribution in [0.5, 0.6) is 0 Å². The van der Waals surface area contributed by atoms with Gasteiger partial charge in [0.15, 0.2) is 11.2 Å². The molecule has 9 heteroatoms. The largest absolute Gasteiger partial charge is 0.356 e. The minimum atomic E-state index is -0.742. The second-order valence-electron chi connectivity index (χ2n) is 8.78. The van der Waals surface area contributed by atoms with Crippen LogP contribution in [-0.4, -0.2) is 34.0 Å². The van der Waals surface area contributed by atoms with Gasteiger partial charge in [-0.1, -0.05) is 59.6 Å². The minimum Gasteiger partial charge on any atom is -0.356 e. The van der Waals surface area contributed by atoms with E-state index in [0.29, 0.717) is 22.7 Å². The molecule has 2 atom stereocenters. The van der Waals surface area contributed by atoms with Crippen molar-refractivity contribution in [3.05, 3.63) is 105 Å². The number of benzene rings is 2. The van der Waals surface area contributed by atoms with E-state index in [-0.39, 0.29) is 5.91 Å². The van der Waals surface area contributed by atoms with Crippen molar-refractivity contribution in [3.8, 4) is 12.3 Å². The number of thioether (sulfide) groups is 1. The number of rotatable bonds is 3. The first-order valence-electron chi connectivity index (χ1n) is 11.4. The van der Waals surface area contributed by atoms with E-state index in [1.807, 2.05) is 65.6 Å². The van der Waals surface area contributed by atoms with Crippen LogP contribution in [0.3, 0.4) is 0 Å². The van der Waals surface area contributed by atoms with Gasteiger partial charge in [-0.3, -0.25) is 4.79 Å². The van der Waals surface area contributed by atoms with Crippen molar-refractivity contribution in [1.82, 2.24) is 26.2 Å². The van der Waals surface area contributed by atoms with Crippen LogP contribution in [0.1, 0.15) is 17.5 Å². The number of carbonyl (C=O) groups excluding carboxylic acids is 1. The van der Waals surface area contributed by atoms with Crippen molar-refractivity contribution in [2.75, 3.05) is 12.4 Å². The van der Waals surface area contributed by atoms with Gasteiger partial charge in [0.05, 0.1) is 5.70 Å². The Morgan fingerprint density at radius 3 is 2.97 bits per heavy atom. The van der Waals surface area contributed by atoms with Crippen LogP contribution in [0.2, 0.25) is 5.02 Å². The van der Waals surface area contributed by atoms with Crippen LogP contribution < -0.4 is 21.6 Å². The number of amides is 1. The molecule has 4 aliphatic rings. The van der Waals surface area contributed by atoms with E-state index in [9.17, 15) is 4.79 Å². The summed E-state index contributed by atoms with van der Waals surface area (Å²) in [6.45, 7) is 0. The van der Waals surface area contributed by atoms with Gasteiger partial charge in [-0.2, -0.15) is 5.01 Å². The Bertz CT molecular complexity index is 1440. The molecule has 180 valence electrons. The van der Waals surface area contributed by atoms with Gasteiger partial charge < -0.3 is 15.6 Å². The number of hydrogen-bond acceptors (Lipinski definition) is 7. The lowest BCUT2D eigenvalue weighted by Crippen LogP contribution is -2.57. The van der Waals surface area contributed by atoms with Gasteiger partial charge in [-0.25, -0.2) is 10.9 Å². The van der Waals surface area contributed by atoms with Crippen molar-refractivity contribution in [2.24, 2.45) is 0 Å². The molecule has 2 unspecified atom stereocenters. The number of halogens is 1. The Morgan fingerprint density at radius 2 is 2.14 bits per heavy atom. The normalized spacial score (nSPS) is 24.6. The molecule has 6 rings (SSSR count). The zero-order chi connectivity index (χ0) is 24.9. The molecular weight excluding hydrogens is 492 g/mol. The third kappa shape index (κ3) is 3.73. The van der Waals surface area contributed by atoms with Crippen LogP contribution in [0, 0.1) is 12.3 Å². The van der Waals surface area contributed by atoms with Gasteiger partial charge in [0, 0.05) is 46.2 Å². The maximum absolute atomic E-state index is 13.6. The fourth-order valence-corrected chi connectivity index (χ4v) is 6.53. The van der Waals surface area contributed by atoms with Crippen LogP contribution in [0.25, 0.3) is 5.70 Å². The molecule has 7 nitrogen and oxygen atoms in total. The molecule has 1 fully saturated rings. The van der Waals surface area contributed by atoms with Crippen molar-refractivity contribution in [2.45, 2.75) is 17.6 Å². The predicted molar refractivity (Wildman–Crippen MR) is 144 cm³/mol. The van der Waals surface area contributed by atoms with E-state index in [2.05, 4.69) is 45.9 Å². The van der Waals surface area contributed by atoms with Gasteiger partial charge >= 0.3 is 0 Å². The lowest BCUT2D eigenvalue weighted by molar-refractivity contribution is -0.122. The van der Waals surface area contributed by atoms with E-state index in [1.54, 1.807) is 17.8 Å². The number of allylic oxidation sites excluding steroid dienone is 3. The molecule has 0 radical (unpaired) electrons. The van der Waals surface area contributed by atoms with E-state index >= 15 is 0 Å². The highest BCUT2D eigenvalue weighted by atomic mass is 35.5. The summed E-state index contributed by atoms with van der Waals surface area (Å²) in [5, 5.41) is 5.57. The number of nitrogens with zero attached hydrogens (tertiary/aromatic N) is 2. The van der Waals surface area contributed by atoms with Gasteiger partial charge in [0.1, 0.15) is 0 Å². The molecule has 4 N–H and O–H groups in total. The fourth-order valence-electron chi connectivity index (χ4n) is 4.78. The van der Waals surface area contributed by atoms with Crippen LogP contribution in [0.15, 0.2) is 89.1 Å². The van der Waals surface area contributed by atoms with Crippen LogP contribution >= 0.6 is 23.4 Å². The smallest absolute Gasteiger partial charge is 0.259 e. The van der Waals surface area contributed by atoms with Crippen molar-refractivity contribution >= 4 is 40.7 Å². The van der Waals surface area contributed by atoms with E-state index in [4.69, 9.17) is 18.0 Å². The van der Waals surface area contributed by atoms with E-state index in [1.165, 1.54) is 0 Å². The highest BCUT2D eigenvalue weighted by molar-refractivity contribution is 8.05. The molecule has 2 aromatic carbocycles. The topological polar surface area (TPSA) is 71.7 Å². The summed E-state index contributed by atoms with van der Waals surface area (Å²) in [6.07, 6.45) is 13.9. The molecule has 0 aromatic heterocycles. The molecule has 0 saturated carbocycles. The average Bonchev–Trinajstić information content (AvgIpc) is 3.34. The molecular formula is C27H23ClN6OS. The number of hydrazine groups is 2. The standard InChI is InChI=1S/C27H23ClN6OS/c1-3-17-7-6-8-18(15-17)29-26(35)25-30-32-27-21(19-13-14-33(2)16-24(19)36-27)11-12-23(31-34(25)27)20-9-4-5-10-22(20)28/h1,4-10,12-16,25,30-32H,11H2,2H3,(H,29,35). The average molecular weight is 515 g/mol. The molecule has 0 aliphatic carbocycles. The summed E-state index contributed by atoms with van der Waals surface area (Å²) in [5.41, 5.74) is 15.5. The Labute approximate surface area is 218 Å². The molecule has 1 saturated heterocycles. The van der Waals surface area contributed by atoms with E-state index < -0.39 is 11.2 Å². The Hall–Kier alpha value is -3.45. The summed E-state index contributed by atoms with van der Waals surface area (Å²) in [4.78, 5) is 16.0. The third-order valence-electron chi connectivity index (χ3n) is 6.49. The first-order valence-corrected chi connectivity index (χ1v) is 12.6. The lowest BCUT2D eigenvalue weighted by Gasteiger charge is -2.36. The zero-order valence-electron chi connectivity index (χ0n) is 19.4. The van der Waals surface area contributed by atoms with Gasteiger partial charge in [0.25, 0.3) is 5.91 Å². The highest BCUT2D eigenvalue weighted by Gasteiger charge is 2.57. The SMILES string of the molecule is C#Cc1cccc(NC(=O)C2NNC34SC5=CN(C)C=CC5=C3CC=C(c3ccccc3Cl)NN24)c1. The summed E-state index contributed by atoms with van der Waals surface area (Å²) < 4.78 is 0. The minimum absolute atomic E-state index is 0.233. The quantitative estimate of drug-likeness (QED) is 0.462. The zero-order valence-corrected chi connectivity index (χ0v) is 21.0. The first-order chi connectivity index (χ1) is 17.5. The van der Waals surface area contributed by atoms with Crippen LogP contribution in [0.4, 0.5) is 5.69 Å². The third-order valence-corrected chi connectivity index (χ3v) is 8.21. The number of carbonyl (C=O) groups is 1. The van der Waals surface area contributed by atoms with Crippen molar-refractivity contribution in [3.63, 3.8) is 0 Å². The summed E-state index contributed by atoms with van der Waals surface area (Å²) >= 11 is 8.22. The maximum Gasteiger partial charge on any atom is 0.259 e. The molecule has 36 heavy (non-hydrogen) atoms. The van der Waals surface area contributed by atoms with Crippen LogP contribution in [-0.2, 0) is 4.79 Å². The number of terminal acetylenes is 1. The van der Waals surface area contributed by atoms with Crippen molar-refractivity contribution in [1.29, 1.82) is 0 Å². The number of anilines is 1. The predicted octanol–water partition coefficient (Wildman–Crippen LogP) is 3.94. The number of fused-ring (bicyclic) bond motifs is 1. The molecule has 1 spiro atoms. The molecule has 4 aliphatic heterocycles. The summed E-state index contributed by atoms with van der Waals surface area (Å²) in [6, 6.07) is 14.9. The fraction of sp³-hybridized carbons (Fsp3) is 0.148. The van der Waals surface area contributed by atoms with Gasteiger partial charge in [-0.15, -0.1) is 6.42 Å². The molecule has 1 amide bonds.